The molecular formula is C19H20N6O3. The average molecular weight is 380 g/mol. The lowest BCUT2D eigenvalue weighted by molar-refractivity contribution is 0.174. The van der Waals surface area contributed by atoms with Gasteiger partial charge in [0.1, 0.15) is 5.69 Å². The Bertz CT molecular complexity index is 957. The summed E-state index contributed by atoms with van der Waals surface area (Å²) in [6, 6.07) is 11.4. The third-order valence-corrected chi connectivity index (χ3v) is 4.11. The quantitative estimate of drug-likeness (QED) is 0.492. The molecule has 0 unspecified atom stereocenters. The van der Waals surface area contributed by atoms with Crippen LogP contribution in [-0.2, 0) is 13.0 Å². The molecule has 0 radical (unpaired) electrons. The molecule has 0 atom stereocenters. The van der Waals surface area contributed by atoms with E-state index in [0.717, 1.165) is 17.1 Å². The number of pyridine rings is 1. The second-order valence-electron chi connectivity index (χ2n) is 6.02. The molecule has 1 aliphatic rings. The molecule has 28 heavy (non-hydrogen) atoms. The number of ether oxygens (including phenoxy) is 2. The first-order valence-electron chi connectivity index (χ1n) is 8.89. The van der Waals surface area contributed by atoms with Gasteiger partial charge in [-0.1, -0.05) is 17.3 Å². The molecule has 1 aromatic carbocycles. The van der Waals surface area contributed by atoms with Gasteiger partial charge in [-0.2, -0.15) is 4.98 Å². The highest BCUT2D eigenvalue weighted by Gasteiger charge is 2.13. The maximum Gasteiger partial charge on any atom is 0.276 e. The number of aromatic nitrogens is 3. The van der Waals surface area contributed by atoms with E-state index in [2.05, 4.69) is 30.8 Å². The second-order valence-corrected chi connectivity index (χ2v) is 6.02. The zero-order valence-electron chi connectivity index (χ0n) is 15.4. The van der Waals surface area contributed by atoms with Crippen LogP contribution in [0.5, 0.6) is 11.5 Å². The highest BCUT2D eigenvalue weighted by Crippen LogP contribution is 2.32. The molecule has 3 aromatic rings. The highest BCUT2D eigenvalue weighted by atomic mass is 16.7. The van der Waals surface area contributed by atoms with Crippen LogP contribution in [0.15, 0.2) is 52.1 Å². The Morgan fingerprint density at radius 2 is 2.07 bits per heavy atom. The van der Waals surface area contributed by atoms with Crippen molar-refractivity contribution in [2.24, 2.45) is 4.99 Å². The van der Waals surface area contributed by atoms with Crippen molar-refractivity contribution >= 4 is 5.96 Å². The van der Waals surface area contributed by atoms with Crippen LogP contribution in [0.1, 0.15) is 11.4 Å². The maximum atomic E-state index is 5.40. The molecule has 3 heterocycles. The largest absolute Gasteiger partial charge is 0.454 e. The summed E-state index contributed by atoms with van der Waals surface area (Å²) in [4.78, 5) is 12.8. The number of rotatable bonds is 6. The van der Waals surface area contributed by atoms with Crippen LogP contribution in [-0.4, -0.2) is 41.5 Å². The molecule has 0 aliphatic carbocycles. The number of hydrogen-bond donors (Lipinski definition) is 2. The first-order valence-corrected chi connectivity index (χ1v) is 8.89. The number of benzene rings is 1. The van der Waals surface area contributed by atoms with Crippen LogP contribution >= 0.6 is 0 Å². The Hall–Kier alpha value is -3.62. The highest BCUT2D eigenvalue weighted by molar-refractivity contribution is 5.79. The summed E-state index contributed by atoms with van der Waals surface area (Å²) < 4.78 is 16.0. The monoisotopic (exact) mass is 380 g/mol. The van der Waals surface area contributed by atoms with E-state index in [-0.39, 0.29) is 6.79 Å². The molecule has 2 N–H and O–H groups in total. The molecule has 1 aliphatic heterocycles. The van der Waals surface area contributed by atoms with E-state index in [4.69, 9.17) is 14.0 Å². The van der Waals surface area contributed by atoms with Crippen LogP contribution in [0.4, 0.5) is 0 Å². The van der Waals surface area contributed by atoms with Crippen molar-refractivity contribution in [2.45, 2.75) is 13.0 Å². The van der Waals surface area contributed by atoms with Crippen molar-refractivity contribution in [1.82, 2.24) is 25.8 Å². The zero-order chi connectivity index (χ0) is 19.2. The topological polar surface area (TPSA) is 107 Å². The van der Waals surface area contributed by atoms with Gasteiger partial charge in [0.2, 0.25) is 6.79 Å². The standard InChI is InChI=1S/C19H20N6O3/c1-20-19(23-11-13-5-6-15-16(10-13)27-12-26-15)22-9-7-17-24-18(28-25-17)14-4-2-3-8-21-14/h2-6,8,10H,7,9,11-12H2,1H3,(H2,20,22,23). The van der Waals surface area contributed by atoms with Gasteiger partial charge in [0.25, 0.3) is 5.89 Å². The summed E-state index contributed by atoms with van der Waals surface area (Å²) >= 11 is 0. The van der Waals surface area contributed by atoms with Crippen LogP contribution in [0, 0.1) is 0 Å². The normalized spacial score (nSPS) is 12.8. The number of aliphatic imine (C=N–C) groups is 1. The Morgan fingerprint density at radius 3 is 2.93 bits per heavy atom. The van der Waals surface area contributed by atoms with Crippen molar-refractivity contribution in [1.29, 1.82) is 0 Å². The summed E-state index contributed by atoms with van der Waals surface area (Å²) in [6.45, 7) is 1.50. The molecular weight excluding hydrogens is 360 g/mol. The number of fused-ring (bicyclic) bond motifs is 1. The number of nitrogens with one attached hydrogen (secondary N) is 2. The molecule has 9 heteroatoms. The third kappa shape index (κ3) is 4.20. The van der Waals surface area contributed by atoms with Crippen molar-refractivity contribution in [3.63, 3.8) is 0 Å². The number of hydrogen-bond acceptors (Lipinski definition) is 7. The lowest BCUT2D eigenvalue weighted by Crippen LogP contribution is -2.37. The van der Waals surface area contributed by atoms with E-state index >= 15 is 0 Å². The van der Waals surface area contributed by atoms with Crippen molar-refractivity contribution < 1.29 is 14.0 Å². The zero-order valence-corrected chi connectivity index (χ0v) is 15.4. The third-order valence-electron chi connectivity index (χ3n) is 4.11. The molecule has 0 saturated heterocycles. The van der Waals surface area contributed by atoms with E-state index in [1.807, 2.05) is 36.4 Å². The fraction of sp³-hybridized carbons (Fsp3) is 0.263. The molecule has 0 fully saturated rings. The van der Waals surface area contributed by atoms with Gasteiger partial charge < -0.3 is 24.6 Å². The van der Waals surface area contributed by atoms with E-state index in [0.29, 0.717) is 42.9 Å². The summed E-state index contributed by atoms with van der Waals surface area (Å²) in [5, 5.41) is 10.5. The van der Waals surface area contributed by atoms with Gasteiger partial charge >= 0.3 is 0 Å². The van der Waals surface area contributed by atoms with Crippen LogP contribution in [0.3, 0.4) is 0 Å². The SMILES string of the molecule is CN=C(NCCc1noc(-c2ccccn2)n1)NCc1ccc2c(c1)OCO2. The lowest BCUT2D eigenvalue weighted by atomic mass is 10.2. The lowest BCUT2D eigenvalue weighted by Gasteiger charge is -2.11. The Balaban J connectivity index is 1.25. The fourth-order valence-electron chi connectivity index (χ4n) is 2.70. The molecule has 9 nitrogen and oxygen atoms in total. The van der Waals surface area contributed by atoms with Gasteiger partial charge in [-0.05, 0) is 29.8 Å². The predicted octanol–water partition coefficient (Wildman–Crippen LogP) is 1.77. The van der Waals surface area contributed by atoms with Crippen molar-refractivity contribution in [3.8, 4) is 23.1 Å². The first-order chi connectivity index (χ1) is 13.8. The molecule has 0 bridgehead atoms. The van der Waals surface area contributed by atoms with Gasteiger partial charge in [0.15, 0.2) is 23.3 Å². The maximum absolute atomic E-state index is 5.40. The molecule has 144 valence electrons. The van der Waals surface area contributed by atoms with Gasteiger partial charge in [0.05, 0.1) is 0 Å². The number of guanidine groups is 1. The van der Waals surface area contributed by atoms with E-state index in [9.17, 15) is 0 Å². The van der Waals surface area contributed by atoms with Gasteiger partial charge in [0, 0.05) is 32.8 Å². The average Bonchev–Trinajstić information content (AvgIpc) is 3.40. The first kappa shape index (κ1) is 17.8. The second kappa shape index (κ2) is 8.38. The minimum atomic E-state index is 0.271. The smallest absolute Gasteiger partial charge is 0.276 e. The molecule has 4 rings (SSSR count). The van der Waals surface area contributed by atoms with Gasteiger partial charge in [-0.25, -0.2) is 0 Å². The summed E-state index contributed by atoms with van der Waals surface area (Å²) in [5.41, 5.74) is 1.74. The van der Waals surface area contributed by atoms with Crippen LogP contribution < -0.4 is 20.1 Å². The van der Waals surface area contributed by atoms with Gasteiger partial charge in [-0.3, -0.25) is 9.98 Å². The summed E-state index contributed by atoms with van der Waals surface area (Å²) in [7, 11) is 1.72. The van der Waals surface area contributed by atoms with Crippen molar-refractivity contribution in [3.05, 3.63) is 54.0 Å². The minimum Gasteiger partial charge on any atom is -0.454 e. The molecule has 0 saturated carbocycles. The van der Waals surface area contributed by atoms with Crippen molar-refractivity contribution in [2.75, 3.05) is 20.4 Å². The molecule has 0 amide bonds. The van der Waals surface area contributed by atoms with E-state index in [1.165, 1.54) is 0 Å². The van der Waals surface area contributed by atoms with Crippen LogP contribution in [0.2, 0.25) is 0 Å². The van der Waals surface area contributed by atoms with Crippen LogP contribution in [0.25, 0.3) is 11.6 Å². The summed E-state index contributed by atoms with van der Waals surface area (Å²) in [5.74, 6) is 3.26. The molecule has 2 aromatic heterocycles. The number of nitrogens with zero attached hydrogens (tertiary/aromatic N) is 4. The van der Waals surface area contributed by atoms with E-state index in [1.54, 1.807) is 13.2 Å². The van der Waals surface area contributed by atoms with Gasteiger partial charge in [-0.15, -0.1) is 0 Å². The Morgan fingerprint density at radius 1 is 1.14 bits per heavy atom. The molecule has 0 spiro atoms. The Labute approximate surface area is 161 Å². The summed E-state index contributed by atoms with van der Waals surface area (Å²) in [6.07, 6.45) is 2.29. The predicted molar refractivity (Wildman–Crippen MR) is 102 cm³/mol. The minimum absolute atomic E-state index is 0.271. The van der Waals surface area contributed by atoms with E-state index < -0.39 is 0 Å². The fourth-order valence-corrected chi connectivity index (χ4v) is 2.70. The Kier molecular flexibility index (Phi) is 5.32.